The first-order valence-corrected chi connectivity index (χ1v) is 11.1. The second kappa shape index (κ2) is 7.76. The first-order valence-electron chi connectivity index (χ1n) is 9.43. The van der Waals surface area contributed by atoms with Gasteiger partial charge in [-0.25, -0.2) is 0 Å². The van der Waals surface area contributed by atoms with Crippen molar-refractivity contribution >= 4 is 43.1 Å². The average molecular weight is 368 g/mol. The summed E-state index contributed by atoms with van der Waals surface area (Å²) in [6.07, 6.45) is 9.42. The van der Waals surface area contributed by atoms with Gasteiger partial charge in [0.05, 0.1) is 10.2 Å². The molecule has 0 bridgehead atoms. The molecule has 3 heterocycles. The molecule has 0 aliphatic heterocycles. The summed E-state index contributed by atoms with van der Waals surface area (Å²) in [4.78, 5) is 6.19. The third-order valence-electron chi connectivity index (χ3n) is 4.95. The molecule has 0 atom stereocenters. The SMILES string of the molecule is CCCCCCCCc1ccc(-c2cc3[nH]c4sccc4c3s2)cc1. The number of aromatic amines is 1. The van der Waals surface area contributed by atoms with Crippen molar-refractivity contribution < 1.29 is 0 Å². The van der Waals surface area contributed by atoms with E-state index in [0.717, 1.165) is 0 Å². The molecule has 0 saturated heterocycles. The zero-order valence-electron chi connectivity index (χ0n) is 14.8. The lowest BCUT2D eigenvalue weighted by Crippen LogP contribution is -1.86. The molecule has 1 nitrogen and oxygen atoms in total. The Balaban J connectivity index is 1.40. The van der Waals surface area contributed by atoms with E-state index in [2.05, 4.69) is 53.7 Å². The van der Waals surface area contributed by atoms with E-state index >= 15 is 0 Å². The Hall–Kier alpha value is -1.58. The Morgan fingerprint density at radius 3 is 2.56 bits per heavy atom. The molecule has 0 saturated carbocycles. The van der Waals surface area contributed by atoms with Gasteiger partial charge in [-0.1, -0.05) is 63.3 Å². The highest BCUT2D eigenvalue weighted by Gasteiger charge is 2.10. The Kier molecular flexibility index (Phi) is 5.23. The van der Waals surface area contributed by atoms with Crippen LogP contribution in [0.4, 0.5) is 0 Å². The molecule has 0 aliphatic carbocycles. The minimum Gasteiger partial charge on any atom is -0.345 e. The van der Waals surface area contributed by atoms with Gasteiger partial charge in [0.15, 0.2) is 0 Å². The Bertz CT molecular complexity index is 940. The lowest BCUT2D eigenvalue weighted by Gasteiger charge is -2.03. The molecule has 1 aromatic carbocycles. The van der Waals surface area contributed by atoms with Crippen molar-refractivity contribution in [3.05, 3.63) is 47.3 Å². The fourth-order valence-corrected chi connectivity index (χ4v) is 5.50. The number of hydrogen-bond donors (Lipinski definition) is 1. The van der Waals surface area contributed by atoms with Gasteiger partial charge in [0.1, 0.15) is 4.83 Å². The van der Waals surface area contributed by atoms with Crippen LogP contribution in [0.2, 0.25) is 0 Å². The molecule has 25 heavy (non-hydrogen) atoms. The summed E-state index contributed by atoms with van der Waals surface area (Å²) >= 11 is 3.69. The van der Waals surface area contributed by atoms with Gasteiger partial charge in [-0.3, -0.25) is 0 Å². The van der Waals surface area contributed by atoms with Crippen LogP contribution < -0.4 is 0 Å². The van der Waals surface area contributed by atoms with Gasteiger partial charge in [0.2, 0.25) is 0 Å². The first-order chi connectivity index (χ1) is 12.3. The smallest absolute Gasteiger partial charge is 0.102 e. The number of hydrogen-bond acceptors (Lipinski definition) is 2. The van der Waals surface area contributed by atoms with Crippen molar-refractivity contribution in [3.8, 4) is 10.4 Å². The van der Waals surface area contributed by atoms with Gasteiger partial charge in [0.25, 0.3) is 0 Å². The fourth-order valence-electron chi connectivity index (χ4n) is 3.48. The molecular weight excluding hydrogens is 342 g/mol. The minimum atomic E-state index is 1.22. The number of rotatable bonds is 8. The van der Waals surface area contributed by atoms with E-state index in [1.165, 1.54) is 81.4 Å². The van der Waals surface area contributed by atoms with E-state index < -0.39 is 0 Å². The molecular formula is C22H25NS2. The van der Waals surface area contributed by atoms with E-state index in [-0.39, 0.29) is 0 Å². The summed E-state index contributed by atoms with van der Waals surface area (Å²) in [6, 6.07) is 13.7. The van der Waals surface area contributed by atoms with Crippen LogP contribution in [0.3, 0.4) is 0 Å². The molecule has 1 N–H and O–H groups in total. The zero-order valence-corrected chi connectivity index (χ0v) is 16.4. The van der Waals surface area contributed by atoms with Crippen LogP contribution in [0.1, 0.15) is 51.0 Å². The molecule has 4 aromatic rings. The molecule has 0 fully saturated rings. The minimum absolute atomic E-state index is 1.22. The number of fused-ring (bicyclic) bond motifs is 3. The molecule has 3 heteroatoms. The fraction of sp³-hybridized carbons (Fsp3) is 0.364. The molecule has 0 radical (unpaired) electrons. The van der Waals surface area contributed by atoms with Crippen molar-refractivity contribution in [2.45, 2.75) is 51.9 Å². The molecule has 0 unspecified atom stereocenters. The van der Waals surface area contributed by atoms with Gasteiger partial charge < -0.3 is 4.98 Å². The third kappa shape index (κ3) is 3.68. The van der Waals surface area contributed by atoms with Gasteiger partial charge >= 0.3 is 0 Å². The van der Waals surface area contributed by atoms with Crippen LogP contribution in [0.5, 0.6) is 0 Å². The number of aryl methyl sites for hydroxylation is 1. The van der Waals surface area contributed by atoms with E-state index in [4.69, 9.17) is 0 Å². The van der Waals surface area contributed by atoms with E-state index in [1.54, 1.807) is 11.3 Å². The topological polar surface area (TPSA) is 15.8 Å². The monoisotopic (exact) mass is 367 g/mol. The highest BCUT2D eigenvalue weighted by Crippen LogP contribution is 2.39. The number of nitrogens with one attached hydrogen (secondary N) is 1. The number of H-pyrrole nitrogens is 1. The molecule has 130 valence electrons. The van der Waals surface area contributed by atoms with Gasteiger partial charge in [-0.15, -0.1) is 22.7 Å². The standard InChI is InChI=1S/C22H25NS2/c1-2-3-4-5-6-7-8-16-9-11-17(12-10-16)20-15-19-21(25-20)18-13-14-24-22(18)23-19/h9-15,23H,2-8H2,1H3. The van der Waals surface area contributed by atoms with Gasteiger partial charge in [-0.2, -0.15) is 0 Å². The second-order valence-corrected chi connectivity index (χ2v) is 8.82. The normalized spacial score (nSPS) is 11.7. The number of benzene rings is 1. The van der Waals surface area contributed by atoms with E-state index in [9.17, 15) is 0 Å². The number of thiophene rings is 2. The maximum absolute atomic E-state index is 3.54. The Labute approximate surface area is 157 Å². The van der Waals surface area contributed by atoms with Crippen LogP contribution in [0.25, 0.3) is 30.9 Å². The maximum Gasteiger partial charge on any atom is 0.102 e. The maximum atomic E-state index is 3.54. The van der Waals surface area contributed by atoms with Crippen molar-refractivity contribution in [1.29, 1.82) is 0 Å². The first kappa shape index (κ1) is 16.9. The van der Waals surface area contributed by atoms with Crippen LogP contribution in [-0.2, 0) is 6.42 Å². The van der Waals surface area contributed by atoms with E-state index in [0.29, 0.717) is 0 Å². The molecule has 3 aromatic heterocycles. The van der Waals surface area contributed by atoms with Crippen molar-refractivity contribution in [1.82, 2.24) is 4.98 Å². The van der Waals surface area contributed by atoms with Crippen molar-refractivity contribution in [3.63, 3.8) is 0 Å². The molecule has 0 aliphatic rings. The van der Waals surface area contributed by atoms with Gasteiger partial charge in [-0.05, 0) is 41.5 Å². The summed E-state index contributed by atoms with van der Waals surface area (Å²) in [5, 5.41) is 3.53. The zero-order chi connectivity index (χ0) is 17.1. The van der Waals surface area contributed by atoms with Crippen molar-refractivity contribution in [2.24, 2.45) is 0 Å². The van der Waals surface area contributed by atoms with Crippen molar-refractivity contribution in [2.75, 3.05) is 0 Å². The summed E-state index contributed by atoms with van der Waals surface area (Å²) in [5.74, 6) is 0. The predicted molar refractivity (Wildman–Crippen MR) is 114 cm³/mol. The quantitative estimate of drug-likeness (QED) is 0.303. The van der Waals surface area contributed by atoms with Gasteiger partial charge in [0, 0.05) is 10.3 Å². The summed E-state index contributed by atoms with van der Waals surface area (Å²) < 4.78 is 1.39. The summed E-state index contributed by atoms with van der Waals surface area (Å²) in [7, 11) is 0. The average Bonchev–Trinajstić information content (AvgIpc) is 3.30. The lowest BCUT2D eigenvalue weighted by molar-refractivity contribution is 0.607. The Morgan fingerprint density at radius 1 is 0.920 bits per heavy atom. The van der Waals surface area contributed by atoms with Crippen LogP contribution in [-0.4, -0.2) is 4.98 Å². The molecule has 4 rings (SSSR count). The largest absolute Gasteiger partial charge is 0.345 e. The predicted octanol–water partition coefficient (Wildman–Crippen LogP) is 8.01. The summed E-state index contributed by atoms with van der Waals surface area (Å²) in [5.41, 5.74) is 4.09. The number of aromatic nitrogens is 1. The Morgan fingerprint density at radius 2 is 1.72 bits per heavy atom. The highest BCUT2D eigenvalue weighted by molar-refractivity contribution is 7.24. The van der Waals surface area contributed by atoms with E-state index in [1.807, 2.05) is 11.3 Å². The van der Waals surface area contributed by atoms with Crippen LogP contribution >= 0.6 is 22.7 Å². The second-order valence-electron chi connectivity index (χ2n) is 6.86. The highest BCUT2D eigenvalue weighted by atomic mass is 32.1. The lowest BCUT2D eigenvalue weighted by atomic mass is 10.0. The molecule has 0 spiro atoms. The third-order valence-corrected chi connectivity index (χ3v) is 6.99. The summed E-state index contributed by atoms with van der Waals surface area (Å²) in [6.45, 7) is 2.28. The number of unbranched alkanes of at least 4 members (excludes halogenated alkanes) is 5. The van der Waals surface area contributed by atoms with Crippen LogP contribution in [0, 0.1) is 0 Å². The van der Waals surface area contributed by atoms with Crippen LogP contribution in [0.15, 0.2) is 41.8 Å². The molecule has 0 amide bonds.